The van der Waals surface area contributed by atoms with Crippen LogP contribution in [0, 0.1) is 11.6 Å². The number of aromatic nitrogens is 1. The highest BCUT2D eigenvalue weighted by Crippen LogP contribution is 2.19. The van der Waals surface area contributed by atoms with Gasteiger partial charge in [0.25, 0.3) is 0 Å². The molecule has 0 aliphatic carbocycles. The molecule has 0 aliphatic heterocycles. The zero-order valence-electron chi connectivity index (χ0n) is 9.58. The first-order valence-electron chi connectivity index (χ1n) is 5.73. The molecule has 0 radical (unpaired) electrons. The van der Waals surface area contributed by atoms with Crippen LogP contribution in [0.2, 0.25) is 0 Å². The summed E-state index contributed by atoms with van der Waals surface area (Å²) in [5.74, 6) is -0.794. The molecule has 1 aromatic heterocycles. The third-order valence-corrected chi connectivity index (χ3v) is 2.97. The first-order chi connectivity index (χ1) is 8.72. The number of halogens is 2. The average Bonchev–Trinajstić information content (AvgIpc) is 2.76. The van der Waals surface area contributed by atoms with Gasteiger partial charge >= 0.3 is 0 Å². The van der Waals surface area contributed by atoms with Gasteiger partial charge in [0.05, 0.1) is 0 Å². The highest BCUT2D eigenvalue weighted by Gasteiger charge is 2.07. The summed E-state index contributed by atoms with van der Waals surface area (Å²) in [5, 5.41) is 1.07. The highest BCUT2D eigenvalue weighted by molar-refractivity contribution is 5.80. The zero-order chi connectivity index (χ0) is 12.5. The van der Waals surface area contributed by atoms with E-state index in [9.17, 15) is 8.78 Å². The fourth-order valence-corrected chi connectivity index (χ4v) is 2.11. The van der Waals surface area contributed by atoms with Crippen LogP contribution in [0.5, 0.6) is 0 Å². The largest absolute Gasteiger partial charge is 0.358 e. The van der Waals surface area contributed by atoms with E-state index in [2.05, 4.69) is 4.98 Å². The molecule has 18 heavy (non-hydrogen) atoms. The van der Waals surface area contributed by atoms with Gasteiger partial charge < -0.3 is 4.98 Å². The minimum atomic E-state index is -0.414. The third-order valence-electron chi connectivity index (χ3n) is 2.97. The maximum Gasteiger partial charge on any atom is 0.126 e. The Morgan fingerprint density at radius 2 is 1.78 bits per heavy atom. The summed E-state index contributed by atoms with van der Waals surface area (Å²) in [6.07, 6.45) is 0.359. The van der Waals surface area contributed by atoms with E-state index < -0.39 is 5.82 Å². The Labute approximate surface area is 103 Å². The number of hydrogen-bond acceptors (Lipinski definition) is 0. The van der Waals surface area contributed by atoms with E-state index in [1.807, 2.05) is 30.3 Å². The van der Waals surface area contributed by atoms with Crippen molar-refractivity contribution in [1.82, 2.24) is 4.98 Å². The topological polar surface area (TPSA) is 15.8 Å². The minimum absolute atomic E-state index is 0.359. The minimum Gasteiger partial charge on any atom is -0.358 e. The smallest absolute Gasteiger partial charge is 0.126 e. The second-order valence-corrected chi connectivity index (χ2v) is 4.29. The lowest BCUT2D eigenvalue weighted by molar-refractivity contribution is 0.588. The second kappa shape index (κ2) is 4.26. The first kappa shape index (κ1) is 11.0. The van der Waals surface area contributed by atoms with Gasteiger partial charge in [-0.2, -0.15) is 0 Å². The molecule has 90 valence electrons. The number of hydrogen-bond donors (Lipinski definition) is 1. The molecule has 0 aliphatic rings. The summed E-state index contributed by atoms with van der Waals surface area (Å²) >= 11 is 0. The Kier molecular flexibility index (Phi) is 2.59. The molecule has 0 fully saturated rings. The van der Waals surface area contributed by atoms with Crippen molar-refractivity contribution in [1.29, 1.82) is 0 Å². The summed E-state index contributed by atoms with van der Waals surface area (Å²) < 4.78 is 26.6. The van der Waals surface area contributed by atoms with E-state index in [-0.39, 0.29) is 5.82 Å². The molecule has 1 N–H and O–H groups in total. The van der Waals surface area contributed by atoms with E-state index in [4.69, 9.17) is 0 Å². The molecule has 0 atom stereocenters. The molecule has 1 nitrogen and oxygen atoms in total. The maximum atomic E-state index is 13.5. The van der Waals surface area contributed by atoms with Gasteiger partial charge in [0.2, 0.25) is 0 Å². The summed E-state index contributed by atoms with van der Waals surface area (Å²) in [6.45, 7) is 0. The molecule has 0 saturated carbocycles. The number of fused-ring (bicyclic) bond motifs is 1. The van der Waals surface area contributed by atoms with E-state index in [0.29, 0.717) is 12.0 Å². The van der Waals surface area contributed by atoms with Crippen LogP contribution >= 0.6 is 0 Å². The monoisotopic (exact) mass is 243 g/mol. The van der Waals surface area contributed by atoms with Crippen molar-refractivity contribution in [2.45, 2.75) is 6.42 Å². The average molecular weight is 243 g/mol. The molecule has 3 heteroatoms. The predicted molar refractivity (Wildman–Crippen MR) is 67.5 cm³/mol. The van der Waals surface area contributed by atoms with Crippen LogP contribution in [0.1, 0.15) is 11.3 Å². The third kappa shape index (κ3) is 1.99. The van der Waals surface area contributed by atoms with E-state index >= 15 is 0 Å². The fourth-order valence-electron chi connectivity index (χ4n) is 2.11. The van der Waals surface area contributed by atoms with Crippen molar-refractivity contribution in [3.8, 4) is 0 Å². The Morgan fingerprint density at radius 1 is 0.944 bits per heavy atom. The molecule has 2 aromatic carbocycles. The molecule has 3 rings (SSSR count). The van der Waals surface area contributed by atoms with Gasteiger partial charge in [-0.1, -0.05) is 18.2 Å². The van der Waals surface area contributed by atoms with Gasteiger partial charge in [0.15, 0.2) is 0 Å². The van der Waals surface area contributed by atoms with Crippen LogP contribution in [0.15, 0.2) is 48.5 Å². The van der Waals surface area contributed by atoms with Crippen molar-refractivity contribution in [2.75, 3.05) is 0 Å². The van der Waals surface area contributed by atoms with Crippen molar-refractivity contribution >= 4 is 10.9 Å². The predicted octanol–water partition coefficient (Wildman–Crippen LogP) is 4.04. The number of H-pyrrole nitrogens is 1. The van der Waals surface area contributed by atoms with E-state index in [1.165, 1.54) is 6.07 Å². The molecule has 0 spiro atoms. The first-order valence-corrected chi connectivity index (χ1v) is 5.73. The van der Waals surface area contributed by atoms with Gasteiger partial charge in [0.1, 0.15) is 11.6 Å². The SMILES string of the molecule is Fc1ccc(F)c(Cc2cc3ccccc3[nH]2)c1. The summed E-state index contributed by atoms with van der Waals surface area (Å²) in [4.78, 5) is 3.20. The number of nitrogens with one attached hydrogen (secondary N) is 1. The standard InChI is InChI=1S/C15H11F2N/c16-12-5-6-14(17)11(7-12)9-13-8-10-3-1-2-4-15(10)18-13/h1-8,18H,9H2. The van der Waals surface area contributed by atoms with E-state index in [0.717, 1.165) is 28.7 Å². The Balaban J connectivity index is 1.98. The second-order valence-electron chi connectivity index (χ2n) is 4.29. The van der Waals surface area contributed by atoms with E-state index in [1.54, 1.807) is 0 Å². The molecule has 0 saturated heterocycles. The number of benzene rings is 2. The fraction of sp³-hybridized carbons (Fsp3) is 0.0667. The van der Waals surface area contributed by atoms with Crippen LogP contribution in [-0.2, 0) is 6.42 Å². The Hall–Kier alpha value is -2.16. The number of para-hydroxylation sites is 1. The van der Waals surface area contributed by atoms with Crippen molar-refractivity contribution in [2.24, 2.45) is 0 Å². The van der Waals surface area contributed by atoms with Gasteiger partial charge in [-0.25, -0.2) is 8.78 Å². The van der Waals surface area contributed by atoms with Crippen molar-refractivity contribution in [3.63, 3.8) is 0 Å². The molecule has 0 bridgehead atoms. The molecule has 1 heterocycles. The lowest BCUT2D eigenvalue weighted by Crippen LogP contribution is -1.93. The van der Waals surface area contributed by atoms with Crippen LogP contribution in [0.25, 0.3) is 10.9 Å². The summed E-state index contributed by atoms with van der Waals surface area (Å²) in [5.41, 5.74) is 2.24. The molecular formula is C15H11F2N. The van der Waals surface area contributed by atoms with Crippen LogP contribution in [-0.4, -0.2) is 4.98 Å². The van der Waals surface area contributed by atoms with Gasteiger partial charge in [-0.05, 0) is 41.3 Å². The van der Waals surface area contributed by atoms with Crippen molar-refractivity contribution < 1.29 is 8.78 Å². The molecule has 3 aromatic rings. The Bertz CT molecular complexity index is 668. The van der Waals surface area contributed by atoms with Gasteiger partial charge in [-0.15, -0.1) is 0 Å². The summed E-state index contributed by atoms with van der Waals surface area (Å²) in [6, 6.07) is 13.3. The molecular weight excluding hydrogens is 232 g/mol. The lowest BCUT2D eigenvalue weighted by atomic mass is 10.1. The Morgan fingerprint density at radius 3 is 2.61 bits per heavy atom. The van der Waals surface area contributed by atoms with Crippen LogP contribution < -0.4 is 0 Å². The zero-order valence-corrected chi connectivity index (χ0v) is 9.58. The normalized spacial score (nSPS) is 11.0. The lowest BCUT2D eigenvalue weighted by Gasteiger charge is -2.01. The molecule has 0 amide bonds. The molecule has 0 unspecified atom stereocenters. The van der Waals surface area contributed by atoms with Gasteiger partial charge in [-0.3, -0.25) is 0 Å². The number of rotatable bonds is 2. The maximum absolute atomic E-state index is 13.5. The quantitative estimate of drug-likeness (QED) is 0.699. The number of aromatic amines is 1. The highest BCUT2D eigenvalue weighted by atomic mass is 19.1. The van der Waals surface area contributed by atoms with Crippen molar-refractivity contribution in [3.05, 3.63) is 71.4 Å². The van der Waals surface area contributed by atoms with Crippen LogP contribution in [0.4, 0.5) is 8.78 Å². The van der Waals surface area contributed by atoms with Crippen LogP contribution in [0.3, 0.4) is 0 Å². The summed E-state index contributed by atoms with van der Waals surface area (Å²) in [7, 11) is 0. The van der Waals surface area contributed by atoms with Gasteiger partial charge in [0, 0.05) is 17.6 Å².